The molecule has 1 saturated heterocycles. The summed E-state index contributed by atoms with van der Waals surface area (Å²) < 4.78 is 37.0. The smallest absolute Gasteiger partial charge is 0.226 e. The van der Waals surface area contributed by atoms with Crippen LogP contribution < -0.4 is 10.6 Å². The minimum absolute atomic E-state index is 0.0211. The number of likely N-dealkylation sites (N-methyl/N-ethyl adjacent to an activating group) is 1. The Balaban J connectivity index is 1.52. The molecule has 1 aromatic carbocycles. The molecule has 0 amide bonds. The highest BCUT2D eigenvalue weighted by Gasteiger charge is 2.34. The molecular formula is C27H27F2N7OS. The van der Waals surface area contributed by atoms with E-state index in [2.05, 4.69) is 47.6 Å². The molecule has 11 heteroatoms. The molecule has 0 spiro atoms. The van der Waals surface area contributed by atoms with Crippen molar-refractivity contribution in [1.82, 2.24) is 19.9 Å². The van der Waals surface area contributed by atoms with Gasteiger partial charge in [-0.3, -0.25) is 9.88 Å². The van der Waals surface area contributed by atoms with Crippen molar-refractivity contribution in [2.24, 2.45) is 0 Å². The molecule has 38 heavy (non-hydrogen) atoms. The number of halogens is 2. The van der Waals surface area contributed by atoms with Crippen LogP contribution in [0.5, 0.6) is 0 Å². The second-order valence-corrected chi connectivity index (χ2v) is 11.9. The van der Waals surface area contributed by atoms with Gasteiger partial charge in [0.2, 0.25) is 5.95 Å². The van der Waals surface area contributed by atoms with Crippen LogP contribution in [0.3, 0.4) is 0 Å². The first-order valence-electron chi connectivity index (χ1n) is 12.4. The zero-order valence-electron chi connectivity index (χ0n) is 21.6. The van der Waals surface area contributed by atoms with Gasteiger partial charge < -0.3 is 15.4 Å². The van der Waals surface area contributed by atoms with Crippen LogP contribution in [-0.4, -0.2) is 51.6 Å². The number of hydrogen-bond donors (Lipinski definition) is 1. The number of nitrogen functional groups attached to an aromatic ring is 1. The van der Waals surface area contributed by atoms with Crippen LogP contribution in [0.2, 0.25) is 0 Å². The summed E-state index contributed by atoms with van der Waals surface area (Å²) in [6.07, 6.45) is 3.66. The largest absolute Gasteiger partial charge is 0.389 e. The van der Waals surface area contributed by atoms with Crippen molar-refractivity contribution < 1.29 is 13.5 Å². The number of rotatable bonds is 3. The molecule has 0 radical (unpaired) electrons. The Kier molecular flexibility index (Phi) is 5.75. The molecule has 1 unspecified atom stereocenters. The van der Waals surface area contributed by atoms with Crippen molar-refractivity contribution >= 4 is 43.3 Å². The predicted molar refractivity (Wildman–Crippen MR) is 144 cm³/mol. The Morgan fingerprint density at radius 3 is 2.71 bits per heavy atom. The van der Waals surface area contributed by atoms with Gasteiger partial charge in [-0.25, -0.2) is 18.7 Å². The molecule has 5 heterocycles. The van der Waals surface area contributed by atoms with Crippen LogP contribution in [-0.2, 0) is 18.0 Å². The Labute approximate surface area is 222 Å². The molecular weight excluding hydrogens is 508 g/mol. The van der Waals surface area contributed by atoms with Gasteiger partial charge in [0, 0.05) is 47.2 Å². The molecule has 6 rings (SSSR count). The quantitative estimate of drug-likeness (QED) is 0.392. The fourth-order valence-electron chi connectivity index (χ4n) is 5.48. The third-order valence-corrected chi connectivity index (χ3v) is 8.81. The van der Waals surface area contributed by atoms with E-state index in [1.165, 1.54) is 0 Å². The summed E-state index contributed by atoms with van der Waals surface area (Å²) in [6.45, 7) is 8.48. The fraction of sp³-hybridized carbons (Fsp3) is 0.407. The average molecular weight is 536 g/mol. The summed E-state index contributed by atoms with van der Waals surface area (Å²) in [6, 6.07) is 2.37. The fourth-order valence-corrected chi connectivity index (χ4v) is 6.40. The summed E-state index contributed by atoms with van der Waals surface area (Å²) in [5.41, 5.74) is 8.00. The maximum Gasteiger partial charge on any atom is 0.226 e. The van der Waals surface area contributed by atoms with E-state index >= 15 is 4.39 Å². The monoisotopic (exact) mass is 535 g/mol. The van der Waals surface area contributed by atoms with E-state index in [1.54, 1.807) is 6.20 Å². The highest BCUT2D eigenvalue weighted by atomic mass is 32.1. The van der Waals surface area contributed by atoms with E-state index in [4.69, 9.17) is 15.5 Å². The number of nitrogens with zero attached hydrogens (tertiary/aromatic N) is 6. The van der Waals surface area contributed by atoms with Crippen molar-refractivity contribution in [3.63, 3.8) is 0 Å². The maximum atomic E-state index is 16.5. The molecule has 4 aromatic rings. The maximum absolute atomic E-state index is 16.5. The number of thiophene rings is 1. The van der Waals surface area contributed by atoms with Crippen LogP contribution in [0.4, 0.5) is 19.7 Å². The number of nitriles is 1. The van der Waals surface area contributed by atoms with E-state index in [-0.39, 0.29) is 56.2 Å². The number of anilines is 2. The van der Waals surface area contributed by atoms with Crippen LogP contribution in [0.15, 0.2) is 12.4 Å². The lowest BCUT2D eigenvalue weighted by Crippen LogP contribution is -2.46. The zero-order valence-corrected chi connectivity index (χ0v) is 22.4. The Morgan fingerprint density at radius 2 is 1.97 bits per heavy atom. The number of pyridine rings is 1. The third-order valence-electron chi connectivity index (χ3n) is 7.78. The molecule has 0 aliphatic carbocycles. The van der Waals surface area contributed by atoms with Crippen molar-refractivity contribution in [2.45, 2.75) is 52.0 Å². The van der Waals surface area contributed by atoms with E-state index in [9.17, 15) is 9.65 Å². The molecule has 1 atom stereocenters. The van der Waals surface area contributed by atoms with Crippen molar-refractivity contribution in [3.8, 4) is 17.3 Å². The molecule has 2 N–H and O–H groups in total. The van der Waals surface area contributed by atoms with Crippen LogP contribution in [0, 0.1) is 23.0 Å². The molecule has 2 aliphatic rings. The van der Waals surface area contributed by atoms with Gasteiger partial charge >= 0.3 is 0 Å². The van der Waals surface area contributed by atoms with Gasteiger partial charge in [0.25, 0.3) is 0 Å². The molecule has 2 aliphatic heterocycles. The summed E-state index contributed by atoms with van der Waals surface area (Å²) in [5, 5.41) is 10.7. The van der Waals surface area contributed by atoms with Gasteiger partial charge in [0.05, 0.1) is 35.4 Å². The molecule has 8 nitrogen and oxygen atoms in total. The van der Waals surface area contributed by atoms with Crippen LogP contribution >= 0.6 is 11.3 Å². The molecule has 3 aromatic heterocycles. The lowest BCUT2D eigenvalue weighted by molar-refractivity contribution is 0.127. The molecule has 0 saturated carbocycles. The zero-order chi connectivity index (χ0) is 26.9. The highest BCUT2D eigenvalue weighted by Crippen LogP contribution is 2.45. The SMILES string of the molecule is CN(C1CCN(c2ncc3c4c(c(-c5ncc(F)c6sc(N)c(C#N)c56)c(F)c3n2)COC4)C1)C(C)(C)C. The lowest BCUT2D eigenvalue weighted by atomic mass is 9.94. The topological polar surface area (TPSA) is 104 Å². The summed E-state index contributed by atoms with van der Waals surface area (Å²) in [4.78, 5) is 18.0. The Bertz CT molecular complexity index is 1660. The number of hydrogen-bond acceptors (Lipinski definition) is 9. The van der Waals surface area contributed by atoms with Gasteiger partial charge in [-0.15, -0.1) is 11.3 Å². The minimum atomic E-state index is -0.607. The Hall–Kier alpha value is -3.46. The second-order valence-electron chi connectivity index (χ2n) is 10.9. The van der Waals surface area contributed by atoms with Crippen LogP contribution in [0.25, 0.3) is 32.2 Å². The lowest BCUT2D eigenvalue weighted by Gasteiger charge is -2.36. The second kappa shape index (κ2) is 8.80. The van der Waals surface area contributed by atoms with Gasteiger partial charge in [-0.1, -0.05) is 0 Å². The molecule has 196 valence electrons. The first-order valence-corrected chi connectivity index (χ1v) is 13.2. The summed E-state index contributed by atoms with van der Waals surface area (Å²) >= 11 is 0.955. The molecule has 0 bridgehead atoms. The van der Waals surface area contributed by atoms with Crippen molar-refractivity contribution in [2.75, 3.05) is 30.8 Å². The summed E-state index contributed by atoms with van der Waals surface area (Å²) in [7, 11) is 2.12. The number of fused-ring (bicyclic) bond motifs is 4. The minimum Gasteiger partial charge on any atom is -0.389 e. The van der Waals surface area contributed by atoms with E-state index in [0.29, 0.717) is 22.9 Å². The number of nitrogens with two attached hydrogens (primary N) is 1. The predicted octanol–water partition coefficient (Wildman–Crippen LogP) is 4.98. The first kappa shape index (κ1) is 24.9. The van der Waals surface area contributed by atoms with Crippen LogP contribution in [0.1, 0.15) is 43.9 Å². The van der Waals surface area contributed by atoms with E-state index in [0.717, 1.165) is 42.6 Å². The van der Waals surface area contributed by atoms with E-state index < -0.39 is 11.6 Å². The highest BCUT2D eigenvalue weighted by molar-refractivity contribution is 7.23. The Morgan fingerprint density at radius 1 is 1.21 bits per heavy atom. The van der Waals surface area contributed by atoms with Gasteiger partial charge in [0.15, 0.2) is 11.6 Å². The van der Waals surface area contributed by atoms with E-state index in [1.807, 2.05) is 6.07 Å². The third kappa shape index (κ3) is 3.70. The van der Waals surface area contributed by atoms with Gasteiger partial charge in [-0.05, 0) is 45.4 Å². The normalized spacial score (nSPS) is 17.6. The van der Waals surface area contributed by atoms with Crippen molar-refractivity contribution in [3.05, 3.63) is 40.7 Å². The first-order chi connectivity index (χ1) is 18.1. The molecule has 1 fully saturated rings. The van der Waals surface area contributed by atoms with Gasteiger partial charge in [-0.2, -0.15) is 5.26 Å². The average Bonchev–Trinajstić information content (AvgIpc) is 3.63. The standard InChI is InChI=1S/C27H27F2N7OS/c1-27(2,3)35(4)13-5-6-36(10-13)26-33-8-15-16-11-37-12-17(16)19(21(29)22(15)34-26)23-20-14(7-30)25(31)38-24(20)18(28)9-32-23/h8-9,13H,5-6,10-12,31H2,1-4H3. The van der Waals surface area contributed by atoms with Crippen molar-refractivity contribution in [1.29, 1.82) is 5.26 Å². The number of benzene rings is 1. The summed E-state index contributed by atoms with van der Waals surface area (Å²) in [5.74, 6) is -0.741. The van der Waals surface area contributed by atoms with Gasteiger partial charge in [0.1, 0.15) is 16.6 Å². The number of aromatic nitrogens is 3. The number of ether oxygens (including phenoxy) is 1.